The molecule has 0 saturated heterocycles. The van der Waals surface area contributed by atoms with Crippen LogP contribution >= 0.6 is 0 Å². The van der Waals surface area contributed by atoms with Gasteiger partial charge in [0.15, 0.2) is 0 Å². The molecule has 0 radical (unpaired) electrons. The number of allylic oxidation sites excluding steroid dienone is 1. The third-order valence-corrected chi connectivity index (χ3v) is 3.06. The second-order valence-electron chi connectivity index (χ2n) is 4.19. The van der Waals surface area contributed by atoms with Gasteiger partial charge in [-0.25, -0.2) is 0 Å². The van der Waals surface area contributed by atoms with Crippen LogP contribution in [0.3, 0.4) is 0 Å². The topological polar surface area (TPSA) is 52.6 Å². The average molecular weight is 308 g/mol. The minimum absolute atomic E-state index is 0.151. The van der Waals surface area contributed by atoms with E-state index in [2.05, 4.69) is 4.18 Å². The minimum atomic E-state index is -5.71. The molecular weight excluding hydrogens is 292 g/mol. The van der Waals surface area contributed by atoms with Crippen LogP contribution in [-0.4, -0.2) is 40.4 Å². The average Bonchev–Trinajstić information content (AvgIpc) is 2.31. The number of alkyl halides is 4. The Morgan fingerprint density at radius 1 is 1.21 bits per heavy atom. The van der Waals surface area contributed by atoms with E-state index in [1.165, 1.54) is 6.92 Å². The SMILES string of the molecule is C/C=C/COCC(C)(CF)COS(=O)(=O)C(F)(F)F. The molecule has 114 valence electrons. The first-order valence-electron chi connectivity index (χ1n) is 5.28. The molecule has 0 amide bonds. The third-order valence-electron chi connectivity index (χ3n) is 2.07. The van der Waals surface area contributed by atoms with E-state index in [1.807, 2.05) is 0 Å². The first-order valence-corrected chi connectivity index (χ1v) is 6.69. The number of hydrogen-bond donors (Lipinski definition) is 0. The van der Waals surface area contributed by atoms with Crippen molar-refractivity contribution in [3.05, 3.63) is 12.2 Å². The van der Waals surface area contributed by atoms with E-state index in [1.54, 1.807) is 19.1 Å². The standard InChI is InChI=1S/C10H16F4O4S/c1-3-4-5-17-7-9(2,6-11)8-18-19(15,16)10(12,13)14/h3-4H,5-8H2,1-2H3/b4-3+. The normalized spacial score (nSPS) is 16.7. The molecule has 1 atom stereocenters. The van der Waals surface area contributed by atoms with Gasteiger partial charge in [-0.1, -0.05) is 19.1 Å². The lowest BCUT2D eigenvalue weighted by Crippen LogP contribution is -2.35. The van der Waals surface area contributed by atoms with Crippen molar-refractivity contribution in [2.24, 2.45) is 5.41 Å². The van der Waals surface area contributed by atoms with Gasteiger partial charge in [0.2, 0.25) is 0 Å². The van der Waals surface area contributed by atoms with Crippen LogP contribution in [-0.2, 0) is 19.0 Å². The molecule has 0 heterocycles. The molecule has 0 fully saturated rings. The van der Waals surface area contributed by atoms with Crippen molar-refractivity contribution in [3.63, 3.8) is 0 Å². The molecule has 4 nitrogen and oxygen atoms in total. The van der Waals surface area contributed by atoms with Crippen LogP contribution in [0.15, 0.2) is 12.2 Å². The summed E-state index contributed by atoms with van der Waals surface area (Å²) in [6.45, 7) is 0.835. The summed E-state index contributed by atoms with van der Waals surface area (Å²) in [4.78, 5) is 0. The molecule has 1 unspecified atom stereocenters. The fourth-order valence-electron chi connectivity index (χ4n) is 0.875. The molecule has 19 heavy (non-hydrogen) atoms. The molecule has 0 aromatic carbocycles. The molecule has 9 heteroatoms. The predicted octanol–water partition coefficient (Wildman–Crippen LogP) is 2.42. The number of hydrogen-bond acceptors (Lipinski definition) is 4. The van der Waals surface area contributed by atoms with Crippen molar-refractivity contribution >= 4 is 10.1 Å². The van der Waals surface area contributed by atoms with Gasteiger partial charge in [0, 0.05) is 5.41 Å². The lowest BCUT2D eigenvalue weighted by molar-refractivity contribution is -0.0594. The molecule has 0 aliphatic heterocycles. The van der Waals surface area contributed by atoms with Crippen molar-refractivity contribution < 1.29 is 34.9 Å². The molecule has 0 saturated carbocycles. The van der Waals surface area contributed by atoms with Gasteiger partial charge in [-0.05, 0) is 6.92 Å². The van der Waals surface area contributed by atoms with Crippen LogP contribution in [0.2, 0.25) is 0 Å². The minimum Gasteiger partial charge on any atom is -0.377 e. The first kappa shape index (κ1) is 18.3. The van der Waals surface area contributed by atoms with Gasteiger partial charge < -0.3 is 4.74 Å². The van der Waals surface area contributed by atoms with Gasteiger partial charge >= 0.3 is 15.6 Å². The van der Waals surface area contributed by atoms with Crippen molar-refractivity contribution in [1.82, 2.24) is 0 Å². The third kappa shape index (κ3) is 6.35. The zero-order valence-electron chi connectivity index (χ0n) is 10.5. The Hall–Kier alpha value is -0.670. The highest BCUT2D eigenvalue weighted by Gasteiger charge is 2.48. The van der Waals surface area contributed by atoms with E-state index < -0.39 is 34.3 Å². The van der Waals surface area contributed by atoms with Crippen LogP contribution in [0, 0.1) is 5.41 Å². The van der Waals surface area contributed by atoms with Crippen molar-refractivity contribution in [2.45, 2.75) is 19.4 Å². The Bertz CT molecular complexity index is 391. The number of halogens is 4. The fraction of sp³-hybridized carbons (Fsp3) is 0.800. The quantitative estimate of drug-likeness (QED) is 0.227. The second kappa shape index (κ2) is 7.20. The summed E-state index contributed by atoms with van der Waals surface area (Å²) in [6, 6.07) is 0. The second-order valence-corrected chi connectivity index (χ2v) is 5.80. The monoisotopic (exact) mass is 308 g/mol. The molecule has 0 aromatic rings. The first-order chi connectivity index (χ1) is 8.58. The Kier molecular flexibility index (Phi) is 6.95. The van der Waals surface area contributed by atoms with Gasteiger partial charge in [0.05, 0.1) is 26.5 Å². The Labute approximate surface area is 109 Å². The molecule has 0 bridgehead atoms. The Morgan fingerprint density at radius 2 is 1.79 bits per heavy atom. The zero-order valence-corrected chi connectivity index (χ0v) is 11.4. The van der Waals surface area contributed by atoms with Crippen molar-refractivity contribution in [3.8, 4) is 0 Å². The zero-order chi connectivity index (χ0) is 15.2. The molecule has 0 N–H and O–H groups in total. The van der Waals surface area contributed by atoms with E-state index in [0.29, 0.717) is 0 Å². The fourth-order valence-corrected chi connectivity index (χ4v) is 1.45. The van der Waals surface area contributed by atoms with Gasteiger partial charge in [-0.15, -0.1) is 0 Å². The maximum Gasteiger partial charge on any atom is 0.523 e. The summed E-state index contributed by atoms with van der Waals surface area (Å²) in [7, 11) is -5.71. The summed E-state index contributed by atoms with van der Waals surface area (Å²) in [6.07, 6.45) is 3.30. The van der Waals surface area contributed by atoms with Gasteiger partial charge in [-0.2, -0.15) is 21.6 Å². The summed E-state index contributed by atoms with van der Waals surface area (Å²) >= 11 is 0. The van der Waals surface area contributed by atoms with Crippen LogP contribution in [0.25, 0.3) is 0 Å². The summed E-state index contributed by atoms with van der Waals surface area (Å²) in [5.74, 6) is 0. The Morgan fingerprint density at radius 3 is 2.21 bits per heavy atom. The molecule has 0 aromatic heterocycles. The summed E-state index contributed by atoms with van der Waals surface area (Å²) in [5, 5.41) is 0. The van der Waals surface area contributed by atoms with E-state index in [0.717, 1.165) is 0 Å². The van der Waals surface area contributed by atoms with E-state index in [4.69, 9.17) is 4.74 Å². The predicted molar refractivity (Wildman–Crippen MR) is 60.6 cm³/mol. The van der Waals surface area contributed by atoms with E-state index in [-0.39, 0.29) is 13.2 Å². The highest BCUT2D eigenvalue weighted by molar-refractivity contribution is 7.87. The maximum atomic E-state index is 12.8. The van der Waals surface area contributed by atoms with Crippen LogP contribution in [0.4, 0.5) is 17.6 Å². The van der Waals surface area contributed by atoms with Crippen LogP contribution in [0.1, 0.15) is 13.8 Å². The van der Waals surface area contributed by atoms with Crippen LogP contribution < -0.4 is 0 Å². The Balaban J connectivity index is 4.48. The number of ether oxygens (including phenoxy) is 1. The smallest absolute Gasteiger partial charge is 0.377 e. The van der Waals surface area contributed by atoms with Gasteiger partial charge in [0.1, 0.15) is 0 Å². The highest BCUT2D eigenvalue weighted by atomic mass is 32.2. The lowest BCUT2D eigenvalue weighted by atomic mass is 9.95. The summed E-state index contributed by atoms with van der Waals surface area (Å²) < 4.78 is 79.0. The molecule has 0 aliphatic rings. The largest absolute Gasteiger partial charge is 0.523 e. The van der Waals surface area contributed by atoms with Crippen molar-refractivity contribution in [2.75, 3.05) is 26.5 Å². The van der Waals surface area contributed by atoms with Gasteiger partial charge in [-0.3, -0.25) is 8.57 Å². The molecule has 0 spiro atoms. The van der Waals surface area contributed by atoms with E-state index >= 15 is 0 Å². The molecule has 0 aliphatic carbocycles. The summed E-state index contributed by atoms with van der Waals surface area (Å²) in [5.41, 5.74) is -6.98. The van der Waals surface area contributed by atoms with Gasteiger partial charge in [0.25, 0.3) is 0 Å². The van der Waals surface area contributed by atoms with E-state index in [9.17, 15) is 26.0 Å². The maximum absolute atomic E-state index is 12.8. The number of rotatable bonds is 8. The lowest BCUT2D eigenvalue weighted by Gasteiger charge is -2.25. The van der Waals surface area contributed by atoms with Crippen molar-refractivity contribution in [1.29, 1.82) is 0 Å². The van der Waals surface area contributed by atoms with Crippen LogP contribution in [0.5, 0.6) is 0 Å². The molecule has 0 rings (SSSR count). The molecular formula is C10H16F4O4S. The highest BCUT2D eigenvalue weighted by Crippen LogP contribution is 2.27.